The van der Waals surface area contributed by atoms with Crippen molar-refractivity contribution in [1.29, 1.82) is 0 Å². The van der Waals surface area contributed by atoms with Gasteiger partial charge in [-0.1, -0.05) is 29.8 Å². The van der Waals surface area contributed by atoms with Crippen LogP contribution >= 0.6 is 11.6 Å². The predicted molar refractivity (Wildman–Crippen MR) is 111 cm³/mol. The SMILES string of the molecule is O=C(COCCOc1ccccc1)N(Cc1nnc(-c2ccc(Cl)cc2)o1)C1CC1. The molecule has 1 saturated carbocycles. The Labute approximate surface area is 179 Å². The van der Waals surface area contributed by atoms with Crippen LogP contribution in [0.2, 0.25) is 5.02 Å². The second-order valence-electron chi connectivity index (χ2n) is 6.97. The first kappa shape index (κ1) is 20.4. The highest BCUT2D eigenvalue weighted by molar-refractivity contribution is 6.30. The number of ether oxygens (including phenoxy) is 2. The van der Waals surface area contributed by atoms with Crippen LogP contribution in [0.5, 0.6) is 5.75 Å². The molecule has 0 atom stereocenters. The fourth-order valence-electron chi connectivity index (χ4n) is 2.96. The number of aromatic nitrogens is 2. The number of benzene rings is 2. The molecule has 1 heterocycles. The standard InChI is InChI=1S/C22H22ClN3O4/c23-17-8-6-16(7-9-17)22-25-24-20(30-22)14-26(18-10-11-18)21(27)15-28-12-13-29-19-4-2-1-3-5-19/h1-9,18H,10-15H2. The van der Waals surface area contributed by atoms with Crippen LogP contribution in [0.25, 0.3) is 11.5 Å². The Morgan fingerprint density at radius 3 is 2.57 bits per heavy atom. The van der Waals surface area contributed by atoms with Crippen LogP contribution in [0, 0.1) is 0 Å². The zero-order chi connectivity index (χ0) is 20.8. The molecule has 4 rings (SSSR count). The van der Waals surface area contributed by atoms with Gasteiger partial charge in [-0.05, 0) is 49.2 Å². The molecule has 7 nitrogen and oxygen atoms in total. The van der Waals surface area contributed by atoms with Gasteiger partial charge in [-0.2, -0.15) is 0 Å². The molecule has 3 aromatic rings. The monoisotopic (exact) mass is 427 g/mol. The van der Waals surface area contributed by atoms with Gasteiger partial charge in [-0.15, -0.1) is 10.2 Å². The van der Waals surface area contributed by atoms with E-state index in [-0.39, 0.29) is 25.1 Å². The second-order valence-corrected chi connectivity index (χ2v) is 7.41. The highest BCUT2D eigenvalue weighted by Gasteiger charge is 2.33. The lowest BCUT2D eigenvalue weighted by Gasteiger charge is -2.20. The molecule has 8 heteroatoms. The molecule has 1 aliphatic rings. The fourth-order valence-corrected chi connectivity index (χ4v) is 3.08. The van der Waals surface area contributed by atoms with E-state index < -0.39 is 0 Å². The maximum absolute atomic E-state index is 12.6. The molecular weight excluding hydrogens is 406 g/mol. The third kappa shape index (κ3) is 5.58. The van der Waals surface area contributed by atoms with E-state index in [4.69, 9.17) is 25.5 Å². The summed E-state index contributed by atoms with van der Waals surface area (Å²) in [4.78, 5) is 14.4. The smallest absolute Gasteiger partial charge is 0.249 e. The van der Waals surface area contributed by atoms with Gasteiger partial charge in [0.15, 0.2) is 0 Å². The molecule has 0 radical (unpaired) electrons. The molecule has 1 amide bonds. The summed E-state index contributed by atoms with van der Waals surface area (Å²) in [6.07, 6.45) is 1.95. The predicted octanol–water partition coefficient (Wildman–Crippen LogP) is 3.98. The average Bonchev–Trinajstić information content (AvgIpc) is 3.50. The van der Waals surface area contributed by atoms with Crippen molar-refractivity contribution in [2.75, 3.05) is 19.8 Å². The number of halogens is 1. The summed E-state index contributed by atoms with van der Waals surface area (Å²) in [5, 5.41) is 8.80. The second kappa shape index (κ2) is 9.73. The molecule has 0 N–H and O–H groups in total. The van der Waals surface area contributed by atoms with Crippen molar-refractivity contribution in [2.45, 2.75) is 25.4 Å². The number of hydrogen-bond acceptors (Lipinski definition) is 6. The van der Waals surface area contributed by atoms with Crippen molar-refractivity contribution in [1.82, 2.24) is 15.1 Å². The van der Waals surface area contributed by atoms with Gasteiger partial charge in [0.25, 0.3) is 0 Å². The number of para-hydroxylation sites is 1. The summed E-state index contributed by atoms with van der Waals surface area (Å²) in [5.74, 6) is 1.48. The number of carbonyl (C=O) groups is 1. The first-order valence-electron chi connectivity index (χ1n) is 9.82. The quantitative estimate of drug-likeness (QED) is 0.455. The van der Waals surface area contributed by atoms with Crippen molar-refractivity contribution < 1.29 is 18.7 Å². The van der Waals surface area contributed by atoms with Crippen LogP contribution in [-0.4, -0.2) is 46.9 Å². The van der Waals surface area contributed by atoms with Crippen LogP contribution in [-0.2, 0) is 16.1 Å². The van der Waals surface area contributed by atoms with Crippen LogP contribution in [0.15, 0.2) is 59.0 Å². The Bertz CT molecular complexity index is 958. The highest BCUT2D eigenvalue weighted by Crippen LogP contribution is 2.29. The molecular formula is C22H22ClN3O4. The minimum atomic E-state index is -0.0940. The lowest BCUT2D eigenvalue weighted by atomic mass is 10.2. The fraction of sp³-hybridized carbons (Fsp3) is 0.318. The number of rotatable bonds is 10. The molecule has 0 aliphatic heterocycles. The Balaban J connectivity index is 1.26. The number of amides is 1. The molecule has 0 bridgehead atoms. The third-order valence-electron chi connectivity index (χ3n) is 4.64. The van der Waals surface area contributed by atoms with Gasteiger partial charge < -0.3 is 18.8 Å². The van der Waals surface area contributed by atoms with Crippen LogP contribution in [0.3, 0.4) is 0 Å². The molecule has 30 heavy (non-hydrogen) atoms. The molecule has 0 saturated heterocycles. The molecule has 1 aromatic heterocycles. The summed E-state index contributed by atoms with van der Waals surface area (Å²) in [7, 11) is 0. The molecule has 0 spiro atoms. The van der Waals surface area contributed by atoms with Gasteiger partial charge in [-0.25, -0.2) is 0 Å². The first-order valence-corrected chi connectivity index (χ1v) is 10.2. The molecule has 156 valence electrons. The van der Waals surface area contributed by atoms with Crippen molar-refractivity contribution >= 4 is 17.5 Å². The normalized spacial score (nSPS) is 13.2. The minimum Gasteiger partial charge on any atom is -0.491 e. The summed E-state index contributed by atoms with van der Waals surface area (Å²) in [6.45, 7) is 0.982. The average molecular weight is 428 g/mol. The van der Waals surface area contributed by atoms with E-state index in [2.05, 4.69) is 10.2 Å². The number of hydrogen-bond donors (Lipinski definition) is 0. The maximum atomic E-state index is 12.6. The summed E-state index contributed by atoms with van der Waals surface area (Å²) >= 11 is 5.91. The topological polar surface area (TPSA) is 77.7 Å². The first-order chi connectivity index (χ1) is 14.7. The zero-order valence-corrected chi connectivity index (χ0v) is 17.1. The lowest BCUT2D eigenvalue weighted by molar-refractivity contribution is -0.138. The molecule has 1 fully saturated rings. The maximum Gasteiger partial charge on any atom is 0.249 e. The van der Waals surface area contributed by atoms with Crippen molar-refractivity contribution in [2.24, 2.45) is 0 Å². The van der Waals surface area contributed by atoms with Gasteiger partial charge in [0.2, 0.25) is 17.7 Å². The molecule has 2 aromatic carbocycles. The van der Waals surface area contributed by atoms with E-state index in [1.165, 1.54) is 0 Å². The minimum absolute atomic E-state index is 0.00711. The van der Waals surface area contributed by atoms with Crippen molar-refractivity contribution in [3.05, 3.63) is 65.5 Å². The molecule has 0 unspecified atom stereocenters. The highest BCUT2D eigenvalue weighted by atomic mass is 35.5. The van der Waals surface area contributed by atoms with Crippen LogP contribution in [0.4, 0.5) is 0 Å². The summed E-state index contributed by atoms with van der Waals surface area (Å²) < 4.78 is 16.8. The van der Waals surface area contributed by atoms with Gasteiger partial charge in [-0.3, -0.25) is 4.79 Å². The Morgan fingerprint density at radius 2 is 1.83 bits per heavy atom. The van der Waals surface area contributed by atoms with Crippen molar-refractivity contribution in [3.8, 4) is 17.2 Å². The van der Waals surface area contributed by atoms with Crippen molar-refractivity contribution in [3.63, 3.8) is 0 Å². The number of nitrogens with zero attached hydrogens (tertiary/aromatic N) is 3. The largest absolute Gasteiger partial charge is 0.491 e. The van der Waals surface area contributed by atoms with Gasteiger partial charge in [0, 0.05) is 16.6 Å². The van der Waals surface area contributed by atoms with E-state index in [1.54, 1.807) is 17.0 Å². The summed E-state index contributed by atoms with van der Waals surface area (Å²) in [6, 6.07) is 16.9. The Hall–Kier alpha value is -2.90. The van der Waals surface area contributed by atoms with Gasteiger partial charge in [0.1, 0.15) is 19.0 Å². The van der Waals surface area contributed by atoms with Gasteiger partial charge in [0.05, 0.1) is 13.2 Å². The van der Waals surface area contributed by atoms with E-state index in [0.717, 1.165) is 24.2 Å². The zero-order valence-electron chi connectivity index (χ0n) is 16.4. The lowest BCUT2D eigenvalue weighted by Crippen LogP contribution is -2.35. The molecule has 1 aliphatic carbocycles. The van der Waals surface area contributed by atoms with E-state index >= 15 is 0 Å². The van der Waals surface area contributed by atoms with Crippen LogP contribution < -0.4 is 4.74 Å². The number of carbonyl (C=O) groups excluding carboxylic acids is 1. The Kier molecular flexibility index (Phi) is 6.61. The van der Waals surface area contributed by atoms with Gasteiger partial charge >= 0.3 is 0 Å². The van der Waals surface area contributed by atoms with E-state index in [0.29, 0.717) is 30.0 Å². The third-order valence-corrected chi connectivity index (χ3v) is 4.89. The van der Waals surface area contributed by atoms with E-state index in [1.807, 2.05) is 42.5 Å². The van der Waals surface area contributed by atoms with Crippen LogP contribution in [0.1, 0.15) is 18.7 Å². The summed E-state index contributed by atoms with van der Waals surface area (Å²) in [5.41, 5.74) is 0.782. The Morgan fingerprint density at radius 1 is 1.07 bits per heavy atom. The van der Waals surface area contributed by atoms with E-state index in [9.17, 15) is 4.79 Å².